The quantitative estimate of drug-likeness (QED) is 0.572. The van der Waals surface area contributed by atoms with Crippen LogP contribution in [-0.4, -0.2) is 25.5 Å². The van der Waals surface area contributed by atoms with E-state index in [1.54, 1.807) is 7.11 Å². The number of para-hydroxylation sites is 1. The van der Waals surface area contributed by atoms with Gasteiger partial charge in [0.1, 0.15) is 11.4 Å². The third-order valence-corrected chi connectivity index (χ3v) is 6.19. The Morgan fingerprint density at radius 1 is 0.844 bits per heavy atom. The Balaban J connectivity index is 1.68. The van der Waals surface area contributed by atoms with Crippen molar-refractivity contribution in [2.24, 2.45) is 0 Å². The van der Waals surface area contributed by atoms with Crippen LogP contribution in [-0.2, 0) is 16.0 Å². The van der Waals surface area contributed by atoms with Crippen LogP contribution < -0.4 is 14.5 Å². The number of imide groups is 1. The van der Waals surface area contributed by atoms with Crippen molar-refractivity contribution in [1.29, 1.82) is 0 Å². The van der Waals surface area contributed by atoms with Gasteiger partial charge in [0.05, 0.1) is 18.4 Å². The number of carbonyl (C=O) groups excluding carboxylic acids is 2. The number of benzene rings is 3. The first-order chi connectivity index (χ1) is 15.5. The maximum absolute atomic E-state index is 13.8. The summed E-state index contributed by atoms with van der Waals surface area (Å²) in [5.41, 5.74) is 6.33. The summed E-state index contributed by atoms with van der Waals surface area (Å²) in [5.74, 6) is 0.112. The molecule has 0 N–H and O–H groups in total. The van der Waals surface area contributed by atoms with Crippen LogP contribution in [0, 0.1) is 13.8 Å². The molecule has 32 heavy (non-hydrogen) atoms. The normalized spacial score (nSPS) is 15.6. The highest BCUT2D eigenvalue weighted by molar-refractivity contribution is 6.46. The molecule has 0 aromatic heterocycles. The van der Waals surface area contributed by atoms with Gasteiger partial charge in [-0.05, 0) is 61.2 Å². The van der Waals surface area contributed by atoms with Gasteiger partial charge in [-0.3, -0.25) is 9.59 Å². The predicted molar refractivity (Wildman–Crippen MR) is 126 cm³/mol. The van der Waals surface area contributed by atoms with Crippen molar-refractivity contribution < 1.29 is 14.3 Å². The van der Waals surface area contributed by atoms with Crippen molar-refractivity contribution in [2.45, 2.75) is 20.3 Å². The van der Waals surface area contributed by atoms with Gasteiger partial charge in [-0.2, -0.15) is 0 Å². The van der Waals surface area contributed by atoms with Gasteiger partial charge in [-0.1, -0.05) is 48.0 Å². The van der Waals surface area contributed by atoms with Crippen LogP contribution in [0.15, 0.2) is 72.4 Å². The topological polar surface area (TPSA) is 49.9 Å². The van der Waals surface area contributed by atoms with E-state index in [1.807, 2.05) is 79.4 Å². The molecule has 2 aliphatic heterocycles. The summed E-state index contributed by atoms with van der Waals surface area (Å²) in [6, 6.07) is 21.1. The Bertz CT molecular complexity index is 1270. The molecule has 2 aliphatic rings. The molecule has 5 nitrogen and oxygen atoms in total. The first-order valence-electron chi connectivity index (χ1n) is 10.7. The second kappa shape index (κ2) is 7.68. The molecule has 0 fully saturated rings. The fraction of sp³-hybridized carbons (Fsp3) is 0.185. The Morgan fingerprint density at radius 2 is 1.59 bits per heavy atom. The summed E-state index contributed by atoms with van der Waals surface area (Å²) in [6.45, 7) is 4.59. The first kappa shape index (κ1) is 20.1. The molecule has 0 aliphatic carbocycles. The molecule has 0 bridgehead atoms. The van der Waals surface area contributed by atoms with Crippen molar-refractivity contribution in [3.63, 3.8) is 0 Å². The number of hydrogen-bond donors (Lipinski definition) is 0. The number of anilines is 2. The Morgan fingerprint density at radius 3 is 2.31 bits per heavy atom. The molecule has 3 aromatic carbocycles. The van der Waals surface area contributed by atoms with Crippen LogP contribution in [0.1, 0.15) is 22.3 Å². The third-order valence-electron chi connectivity index (χ3n) is 6.19. The maximum atomic E-state index is 13.8. The number of nitrogens with zero attached hydrogens (tertiary/aromatic N) is 2. The summed E-state index contributed by atoms with van der Waals surface area (Å²) in [6.07, 6.45) is 0.834. The summed E-state index contributed by atoms with van der Waals surface area (Å²) >= 11 is 0. The van der Waals surface area contributed by atoms with Crippen molar-refractivity contribution >= 4 is 28.8 Å². The van der Waals surface area contributed by atoms with Gasteiger partial charge in [0.15, 0.2) is 0 Å². The molecule has 160 valence electrons. The first-order valence-corrected chi connectivity index (χ1v) is 10.7. The predicted octanol–water partition coefficient (Wildman–Crippen LogP) is 4.66. The summed E-state index contributed by atoms with van der Waals surface area (Å²) in [7, 11) is 1.60. The van der Waals surface area contributed by atoms with Crippen LogP contribution in [0.4, 0.5) is 11.4 Å². The number of amides is 2. The SMILES string of the molecule is COc1ccc(C2=C(N3CCc4ccccc43)C(=O)N(c3ccc(C)cc3C)C2=O)cc1. The number of fused-ring (bicyclic) bond motifs is 1. The highest BCUT2D eigenvalue weighted by Crippen LogP contribution is 2.41. The van der Waals surface area contributed by atoms with Gasteiger partial charge in [-0.15, -0.1) is 0 Å². The van der Waals surface area contributed by atoms with E-state index < -0.39 is 0 Å². The highest BCUT2D eigenvalue weighted by Gasteiger charge is 2.44. The third kappa shape index (κ3) is 3.09. The summed E-state index contributed by atoms with van der Waals surface area (Å²) in [4.78, 5) is 30.9. The van der Waals surface area contributed by atoms with Crippen molar-refractivity contribution in [2.75, 3.05) is 23.5 Å². The molecule has 0 atom stereocenters. The lowest BCUT2D eigenvalue weighted by molar-refractivity contribution is -0.120. The van der Waals surface area contributed by atoms with E-state index in [2.05, 4.69) is 6.07 Å². The molecule has 0 saturated carbocycles. The van der Waals surface area contributed by atoms with Crippen molar-refractivity contribution in [1.82, 2.24) is 0 Å². The van der Waals surface area contributed by atoms with E-state index in [-0.39, 0.29) is 11.8 Å². The van der Waals surface area contributed by atoms with Crippen molar-refractivity contribution in [3.05, 3.63) is 94.7 Å². The molecule has 5 rings (SSSR count). The van der Waals surface area contributed by atoms with Gasteiger partial charge in [0, 0.05) is 12.2 Å². The minimum atomic E-state index is -0.300. The largest absolute Gasteiger partial charge is 0.497 e. The average Bonchev–Trinajstić information content (AvgIpc) is 3.32. The number of ether oxygens (including phenoxy) is 1. The maximum Gasteiger partial charge on any atom is 0.282 e. The lowest BCUT2D eigenvalue weighted by atomic mass is 10.0. The van der Waals surface area contributed by atoms with Crippen LogP contribution in [0.3, 0.4) is 0 Å². The zero-order chi connectivity index (χ0) is 22.4. The number of hydrogen-bond acceptors (Lipinski definition) is 4. The molecule has 2 amide bonds. The van der Waals surface area contributed by atoms with Crippen LogP contribution in [0.25, 0.3) is 5.57 Å². The van der Waals surface area contributed by atoms with Gasteiger partial charge in [0.25, 0.3) is 11.8 Å². The second-order valence-corrected chi connectivity index (χ2v) is 8.22. The monoisotopic (exact) mass is 424 g/mol. The summed E-state index contributed by atoms with van der Waals surface area (Å²) < 4.78 is 5.28. The second-order valence-electron chi connectivity index (χ2n) is 8.22. The van der Waals surface area contributed by atoms with E-state index in [0.717, 1.165) is 23.2 Å². The standard InChI is InChI=1S/C27H24N2O3/c1-17-8-13-22(18(2)16-17)29-26(30)24(20-9-11-21(32-3)12-10-20)25(27(29)31)28-15-14-19-6-4-5-7-23(19)28/h4-13,16H,14-15H2,1-3H3. The number of rotatable bonds is 4. The smallest absolute Gasteiger partial charge is 0.282 e. The van der Waals surface area contributed by atoms with E-state index in [0.29, 0.717) is 34.8 Å². The van der Waals surface area contributed by atoms with Crippen molar-refractivity contribution in [3.8, 4) is 5.75 Å². The zero-order valence-electron chi connectivity index (χ0n) is 18.4. The molecule has 2 heterocycles. The number of aryl methyl sites for hydroxylation is 2. The molecule has 5 heteroatoms. The van der Waals surface area contributed by atoms with Crippen LogP contribution in [0.2, 0.25) is 0 Å². The molecule has 3 aromatic rings. The van der Waals surface area contributed by atoms with E-state index in [1.165, 1.54) is 10.5 Å². The number of carbonyl (C=O) groups is 2. The molecule has 0 saturated heterocycles. The Hall–Kier alpha value is -3.86. The Labute approximate surface area is 187 Å². The molecular weight excluding hydrogens is 400 g/mol. The highest BCUT2D eigenvalue weighted by atomic mass is 16.5. The summed E-state index contributed by atoms with van der Waals surface area (Å²) in [5, 5.41) is 0. The van der Waals surface area contributed by atoms with Gasteiger partial charge in [0.2, 0.25) is 0 Å². The van der Waals surface area contributed by atoms with Crippen LogP contribution in [0.5, 0.6) is 5.75 Å². The van der Waals surface area contributed by atoms with Crippen LogP contribution >= 0.6 is 0 Å². The molecule has 0 spiro atoms. The Kier molecular flexibility index (Phi) is 4.82. The van der Waals surface area contributed by atoms with Gasteiger partial charge in [-0.25, -0.2) is 4.90 Å². The molecule has 0 unspecified atom stereocenters. The fourth-order valence-electron chi connectivity index (χ4n) is 4.63. The van der Waals surface area contributed by atoms with E-state index in [4.69, 9.17) is 4.74 Å². The van der Waals surface area contributed by atoms with E-state index in [9.17, 15) is 9.59 Å². The van der Waals surface area contributed by atoms with E-state index >= 15 is 0 Å². The fourth-order valence-corrected chi connectivity index (χ4v) is 4.63. The minimum absolute atomic E-state index is 0.288. The lowest BCUT2D eigenvalue weighted by Gasteiger charge is -2.22. The molecule has 0 radical (unpaired) electrons. The van der Waals surface area contributed by atoms with Gasteiger partial charge < -0.3 is 9.64 Å². The lowest BCUT2D eigenvalue weighted by Crippen LogP contribution is -2.35. The zero-order valence-corrected chi connectivity index (χ0v) is 18.4. The molecular formula is C27H24N2O3. The average molecular weight is 425 g/mol. The number of methoxy groups -OCH3 is 1. The van der Waals surface area contributed by atoms with Gasteiger partial charge >= 0.3 is 0 Å². The minimum Gasteiger partial charge on any atom is -0.497 e.